The minimum atomic E-state index is -0.451. The number of carbonyl (C=O) groups is 1. The molecule has 0 saturated carbocycles. The van der Waals surface area contributed by atoms with Gasteiger partial charge in [-0.2, -0.15) is 5.10 Å². The number of aromatic nitrogens is 2. The van der Waals surface area contributed by atoms with Crippen LogP contribution in [-0.2, 0) is 11.8 Å². The number of methoxy groups -OCH3 is 1. The molecule has 0 saturated heterocycles. The van der Waals surface area contributed by atoms with Crippen molar-refractivity contribution >= 4 is 5.97 Å². The molecule has 13 heavy (non-hydrogen) atoms. The van der Waals surface area contributed by atoms with Crippen LogP contribution in [0.4, 0.5) is 0 Å². The predicted octanol–water partition coefficient (Wildman–Crippen LogP) is 0.226. The van der Waals surface area contributed by atoms with E-state index in [0.717, 1.165) is 0 Å². The Morgan fingerprint density at radius 3 is 2.85 bits per heavy atom. The van der Waals surface area contributed by atoms with Crippen molar-refractivity contribution in [3.63, 3.8) is 0 Å². The van der Waals surface area contributed by atoms with Gasteiger partial charge in [-0.3, -0.25) is 4.68 Å². The Kier molecular flexibility index (Phi) is 2.67. The van der Waals surface area contributed by atoms with Gasteiger partial charge >= 0.3 is 5.97 Å². The van der Waals surface area contributed by atoms with Gasteiger partial charge in [0.15, 0.2) is 5.69 Å². The first-order valence-corrected chi connectivity index (χ1v) is 3.93. The molecule has 1 aromatic heterocycles. The van der Waals surface area contributed by atoms with Gasteiger partial charge in [-0.25, -0.2) is 4.79 Å². The summed E-state index contributed by atoms with van der Waals surface area (Å²) in [5.41, 5.74) is 6.65. The largest absolute Gasteiger partial charge is 0.464 e. The fourth-order valence-electron chi connectivity index (χ4n) is 1.10. The summed E-state index contributed by atoms with van der Waals surface area (Å²) in [6.45, 7) is 1.80. The lowest BCUT2D eigenvalue weighted by Crippen LogP contribution is -2.11. The summed E-state index contributed by atoms with van der Waals surface area (Å²) in [6, 6.07) is -0.220. The molecule has 0 bridgehead atoms. The molecule has 0 aliphatic heterocycles. The standard InChI is InChI=1S/C8H13N3O2/c1-5(9)6-4-11(2)10-7(6)8(12)13-3/h4-5H,9H2,1-3H3. The van der Waals surface area contributed by atoms with E-state index in [1.54, 1.807) is 24.9 Å². The number of rotatable bonds is 2. The van der Waals surface area contributed by atoms with Crippen LogP contribution >= 0.6 is 0 Å². The van der Waals surface area contributed by atoms with E-state index in [4.69, 9.17) is 5.73 Å². The SMILES string of the molecule is COC(=O)c1nn(C)cc1C(C)N. The predicted molar refractivity (Wildman–Crippen MR) is 47.1 cm³/mol. The van der Waals surface area contributed by atoms with Crippen molar-refractivity contribution < 1.29 is 9.53 Å². The van der Waals surface area contributed by atoms with Gasteiger partial charge in [-0.1, -0.05) is 0 Å². The highest BCUT2D eigenvalue weighted by molar-refractivity contribution is 5.88. The van der Waals surface area contributed by atoms with Crippen LogP contribution in [0.3, 0.4) is 0 Å². The fourth-order valence-corrected chi connectivity index (χ4v) is 1.10. The van der Waals surface area contributed by atoms with Crippen molar-refractivity contribution in [2.24, 2.45) is 12.8 Å². The Labute approximate surface area is 76.5 Å². The maximum absolute atomic E-state index is 11.2. The zero-order valence-electron chi connectivity index (χ0n) is 7.94. The molecule has 0 spiro atoms. The van der Waals surface area contributed by atoms with Gasteiger partial charge in [0.25, 0.3) is 0 Å². The first-order valence-electron chi connectivity index (χ1n) is 3.93. The number of hydrogen-bond acceptors (Lipinski definition) is 4. The first-order chi connectivity index (χ1) is 6.06. The van der Waals surface area contributed by atoms with Crippen LogP contribution < -0.4 is 5.73 Å². The smallest absolute Gasteiger partial charge is 0.358 e. The molecular formula is C8H13N3O2. The van der Waals surface area contributed by atoms with E-state index >= 15 is 0 Å². The van der Waals surface area contributed by atoms with Crippen LogP contribution in [0, 0.1) is 0 Å². The second-order valence-corrected chi connectivity index (χ2v) is 2.89. The summed E-state index contributed by atoms with van der Waals surface area (Å²) in [6.07, 6.45) is 1.72. The van der Waals surface area contributed by atoms with Crippen LogP contribution in [0.25, 0.3) is 0 Å². The molecule has 72 valence electrons. The summed E-state index contributed by atoms with van der Waals surface area (Å²) in [5.74, 6) is -0.451. The van der Waals surface area contributed by atoms with Crippen molar-refractivity contribution in [2.45, 2.75) is 13.0 Å². The molecule has 5 heteroatoms. The van der Waals surface area contributed by atoms with Crippen LogP contribution in [0.15, 0.2) is 6.20 Å². The Hall–Kier alpha value is -1.36. The van der Waals surface area contributed by atoms with E-state index in [2.05, 4.69) is 9.84 Å². The Balaban J connectivity index is 3.11. The van der Waals surface area contributed by atoms with E-state index in [0.29, 0.717) is 11.3 Å². The number of carbonyl (C=O) groups excluding carboxylic acids is 1. The van der Waals surface area contributed by atoms with E-state index in [1.165, 1.54) is 7.11 Å². The zero-order valence-corrected chi connectivity index (χ0v) is 7.94. The number of nitrogens with zero attached hydrogens (tertiary/aromatic N) is 2. The number of hydrogen-bond donors (Lipinski definition) is 1. The summed E-state index contributed by atoms with van der Waals surface area (Å²) in [4.78, 5) is 11.2. The molecule has 0 aliphatic rings. The lowest BCUT2D eigenvalue weighted by Gasteiger charge is -2.02. The third kappa shape index (κ3) is 1.86. The van der Waals surface area contributed by atoms with Crippen LogP contribution in [0.5, 0.6) is 0 Å². The Morgan fingerprint density at radius 2 is 2.38 bits per heavy atom. The maximum atomic E-state index is 11.2. The molecule has 2 N–H and O–H groups in total. The van der Waals surface area contributed by atoms with Crippen LogP contribution in [-0.4, -0.2) is 22.9 Å². The van der Waals surface area contributed by atoms with Gasteiger partial charge in [-0.15, -0.1) is 0 Å². The van der Waals surface area contributed by atoms with Gasteiger partial charge in [0.1, 0.15) is 0 Å². The second kappa shape index (κ2) is 3.57. The van der Waals surface area contributed by atoms with Crippen molar-refractivity contribution in [1.29, 1.82) is 0 Å². The molecule has 0 fully saturated rings. The zero-order chi connectivity index (χ0) is 10.0. The van der Waals surface area contributed by atoms with Crippen LogP contribution in [0.2, 0.25) is 0 Å². The fraction of sp³-hybridized carbons (Fsp3) is 0.500. The number of aryl methyl sites for hydroxylation is 1. The highest BCUT2D eigenvalue weighted by Gasteiger charge is 2.18. The molecule has 5 nitrogen and oxygen atoms in total. The molecule has 1 rings (SSSR count). The van der Waals surface area contributed by atoms with E-state index < -0.39 is 5.97 Å². The lowest BCUT2D eigenvalue weighted by molar-refractivity contribution is 0.0591. The van der Waals surface area contributed by atoms with E-state index in [-0.39, 0.29) is 6.04 Å². The molecule has 0 radical (unpaired) electrons. The molecule has 0 amide bonds. The topological polar surface area (TPSA) is 70.1 Å². The average Bonchev–Trinajstić information content (AvgIpc) is 2.46. The Morgan fingerprint density at radius 1 is 1.77 bits per heavy atom. The van der Waals surface area contributed by atoms with Gasteiger partial charge < -0.3 is 10.5 Å². The lowest BCUT2D eigenvalue weighted by atomic mass is 10.1. The first kappa shape index (κ1) is 9.73. The monoisotopic (exact) mass is 183 g/mol. The maximum Gasteiger partial charge on any atom is 0.358 e. The van der Waals surface area contributed by atoms with Crippen molar-refractivity contribution in [3.8, 4) is 0 Å². The highest BCUT2D eigenvalue weighted by atomic mass is 16.5. The summed E-state index contributed by atoms with van der Waals surface area (Å²) in [5, 5.41) is 3.96. The Bertz CT molecular complexity index is 317. The van der Waals surface area contributed by atoms with Gasteiger partial charge in [-0.05, 0) is 6.92 Å². The van der Waals surface area contributed by atoms with Gasteiger partial charge in [0.05, 0.1) is 7.11 Å². The molecule has 1 heterocycles. The third-order valence-corrected chi connectivity index (χ3v) is 1.73. The summed E-state index contributed by atoms with van der Waals surface area (Å²) < 4.78 is 6.12. The quantitative estimate of drug-likeness (QED) is 0.666. The second-order valence-electron chi connectivity index (χ2n) is 2.89. The van der Waals surface area contributed by atoms with Gasteiger partial charge in [0, 0.05) is 24.8 Å². The minimum Gasteiger partial charge on any atom is -0.464 e. The number of nitrogens with two attached hydrogens (primary N) is 1. The minimum absolute atomic E-state index is 0.220. The summed E-state index contributed by atoms with van der Waals surface area (Å²) in [7, 11) is 3.06. The van der Waals surface area contributed by atoms with Crippen molar-refractivity contribution in [2.75, 3.05) is 7.11 Å². The number of esters is 1. The molecule has 1 atom stereocenters. The average molecular weight is 183 g/mol. The van der Waals surface area contributed by atoms with Crippen molar-refractivity contribution in [1.82, 2.24) is 9.78 Å². The third-order valence-electron chi connectivity index (χ3n) is 1.73. The van der Waals surface area contributed by atoms with Crippen molar-refractivity contribution in [3.05, 3.63) is 17.5 Å². The molecule has 1 unspecified atom stereocenters. The van der Waals surface area contributed by atoms with E-state index in [1.807, 2.05) is 0 Å². The highest BCUT2D eigenvalue weighted by Crippen LogP contribution is 2.14. The molecule has 0 aliphatic carbocycles. The van der Waals surface area contributed by atoms with Crippen LogP contribution in [0.1, 0.15) is 29.0 Å². The van der Waals surface area contributed by atoms with E-state index in [9.17, 15) is 4.79 Å². The normalized spacial score (nSPS) is 12.6. The molecular weight excluding hydrogens is 170 g/mol. The molecule has 1 aromatic rings. The van der Waals surface area contributed by atoms with Gasteiger partial charge in [0.2, 0.25) is 0 Å². The number of ether oxygens (including phenoxy) is 1. The summed E-state index contributed by atoms with van der Waals surface area (Å²) >= 11 is 0. The molecule has 0 aromatic carbocycles.